The second-order valence-corrected chi connectivity index (χ2v) is 3.35. The molecule has 0 spiro atoms. The second kappa shape index (κ2) is 4.17. The van der Waals surface area contributed by atoms with E-state index in [9.17, 15) is 4.79 Å². The molecule has 0 aliphatic rings. The molecule has 8 nitrogen and oxygen atoms in total. The number of aromatic nitrogens is 5. The maximum Gasteiger partial charge on any atom is 0.462 e. The topological polar surface area (TPSA) is 94.9 Å². The fourth-order valence-electron chi connectivity index (χ4n) is 1.40. The highest BCUT2D eigenvalue weighted by molar-refractivity contribution is 5.80. The average Bonchev–Trinajstić information content (AvgIpc) is 3.05. The zero-order valence-corrected chi connectivity index (χ0v) is 8.98. The third-order valence-electron chi connectivity index (χ3n) is 2.23. The lowest BCUT2D eigenvalue weighted by molar-refractivity contribution is -0.140. The van der Waals surface area contributed by atoms with Gasteiger partial charge in [0.15, 0.2) is 5.52 Å². The monoisotopic (exact) mass is 245 g/mol. The van der Waals surface area contributed by atoms with Gasteiger partial charge in [-0.15, -0.1) is 0 Å². The van der Waals surface area contributed by atoms with E-state index in [1.807, 2.05) is 0 Å². The van der Waals surface area contributed by atoms with Crippen molar-refractivity contribution in [3.05, 3.63) is 36.9 Å². The number of H-pyrrole nitrogens is 1. The summed E-state index contributed by atoms with van der Waals surface area (Å²) in [6.45, 7) is 0. The molecule has 0 aliphatic carbocycles. The Hall–Kier alpha value is -2.90. The van der Waals surface area contributed by atoms with Crippen LogP contribution in [0.1, 0.15) is 0 Å². The number of rotatable bonds is 2. The smallest absolute Gasteiger partial charge is 0.282 e. The molecule has 0 amide bonds. The van der Waals surface area contributed by atoms with Gasteiger partial charge in [-0.1, -0.05) is 6.07 Å². The van der Waals surface area contributed by atoms with Crippen molar-refractivity contribution in [2.45, 2.75) is 0 Å². The van der Waals surface area contributed by atoms with Crippen LogP contribution in [0.3, 0.4) is 0 Å². The maximum absolute atomic E-state index is 11.5. The second-order valence-electron chi connectivity index (χ2n) is 3.35. The molecule has 2 heterocycles. The molecule has 90 valence electrons. The van der Waals surface area contributed by atoms with Gasteiger partial charge in [0, 0.05) is 12.4 Å². The molecular formula is C10H7N5O3. The van der Waals surface area contributed by atoms with E-state index < -0.39 is 6.09 Å². The summed E-state index contributed by atoms with van der Waals surface area (Å²) < 4.78 is 1.14. The van der Waals surface area contributed by atoms with Crippen molar-refractivity contribution in [2.24, 2.45) is 0 Å². The summed E-state index contributed by atoms with van der Waals surface area (Å²) in [6, 6.07) is 5.08. The Kier molecular flexibility index (Phi) is 2.38. The number of para-hydroxylation sites is 1. The predicted molar refractivity (Wildman–Crippen MR) is 58.6 cm³/mol. The number of fused-ring (bicyclic) bond motifs is 1. The Morgan fingerprint density at radius 1 is 1.33 bits per heavy atom. The molecule has 0 radical (unpaired) electrons. The first kappa shape index (κ1) is 10.3. The van der Waals surface area contributed by atoms with E-state index >= 15 is 0 Å². The highest BCUT2D eigenvalue weighted by Gasteiger charge is 2.11. The van der Waals surface area contributed by atoms with Gasteiger partial charge in [-0.25, -0.2) is 19.2 Å². The first-order valence-corrected chi connectivity index (χ1v) is 5.01. The van der Waals surface area contributed by atoms with Crippen LogP contribution in [0.2, 0.25) is 0 Å². The average molecular weight is 245 g/mol. The highest BCUT2D eigenvalue weighted by atomic mass is 17.2. The summed E-state index contributed by atoms with van der Waals surface area (Å²) in [4.78, 5) is 24.8. The Morgan fingerprint density at radius 2 is 2.28 bits per heavy atom. The van der Waals surface area contributed by atoms with Crippen LogP contribution in [0.15, 0.2) is 36.9 Å². The molecule has 0 aliphatic heterocycles. The molecule has 2 aromatic heterocycles. The number of hydrogen-bond donors (Lipinski definition) is 1. The molecule has 3 rings (SSSR count). The van der Waals surface area contributed by atoms with Gasteiger partial charge >= 0.3 is 6.09 Å². The fourth-order valence-corrected chi connectivity index (χ4v) is 1.40. The zero-order valence-electron chi connectivity index (χ0n) is 8.98. The molecule has 0 saturated carbocycles. The number of nitrogens with one attached hydrogen (secondary N) is 1. The summed E-state index contributed by atoms with van der Waals surface area (Å²) in [7, 11) is 0. The van der Waals surface area contributed by atoms with Crippen LogP contribution in [0.25, 0.3) is 11.0 Å². The lowest BCUT2D eigenvalue weighted by Gasteiger charge is -2.03. The molecule has 0 atom stereocenters. The van der Waals surface area contributed by atoms with E-state index in [1.54, 1.807) is 18.2 Å². The van der Waals surface area contributed by atoms with Gasteiger partial charge in [0.25, 0.3) is 0 Å². The Balaban J connectivity index is 1.77. The Labute approximate surface area is 100 Å². The van der Waals surface area contributed by atoms with Crippen molar-refractivity contribution >= 4 is 17.1 Å². The number of benzene rings is 1. The van der Waals surface area contributed by atoms with Gasteiger partial charge in [0.2, 0.25) is 5.75 Å². The minimum Gasteiger partial charge on any atom is -0.282 e. The molecule has 3 aromatic rings. The minimum absolute atomic E-state index is 0.301. The van der Waals surface area contributed by atoms with Crippen molar-refractivity contribution < 1.29 is 14.6 Å². The minimum atomic E-state index is -0.701. The maximum atomic E-state index is 11.5. The third kappa shape index (κ3) is 1.75. The van der Waals surface area contributed by atoms with Gasteiger partial charge in [-0.05, 0) is 12.1 Å². The predicted octanol–water partition coefficient (Wildman–Crippen LogP) is 1.13. The summed E-state index contributed by atoms with van der Waals surface area (Å²) in [5.74, 6) is 0.301. The fraction of sp³-hybridized carbons (Fsp3) is 0. The van der Waals surface area contributed by atoms with E-state index in [4.69, 9.17) is 4.89 Å². The van der Waals surface area contributed by atoms with Crippen molar-refractivity contribution in [1.29, 1.82) is 0 Å². The molecule has 0 unspecified atom stereocenters. The molecular weight excluding hydrogens is 238 g/mol. The van der Waals surface area contributed by atoms with Crippen molar-refractivity contribution in [3.8, 4) is 5.75 Å². The van der Waals surface area contributed by atoms with E-state index in [-0.39, 0.29) is 0 Å². The number of imidazole rings is 1. The number of hydrogen-bond acceptors (Lipinski definition) is 6. The van der Waals surface area contributed by atoms with Gasteiger partial charge in [-0.2, -0.15) is 15.4 Å². The summed E-state index contributed by atoms with van der Waals surface area (Å²) in [6.07, 6.45) is 3.51. The highest BCUT2D eigenvalue weighted by Crippen LogP contribution is 2.21. The molecule has 18 heavy (non-hydrogen) atoms. The van der Waals surface area contributed by atoms with E-state index in [0.29, 0.717) is 16.8 Å². The number of carbonyl (C=O) groups is 1. The Morgan fingerprint density at radius 3 is 3.11 bits per heavy atom. The first-order valence-electron chi connectivity index (χ1n) is 5.01. The summed E-state index contributed by atoms with van der Waals surface area (Å²) in [5.41, 5.74) is 1.10. The van der Waals surface area contributed by atoms with Crippen molar-refractivity contribution in [1.82, 2.24) is 25.0 Å². The van der Waals surface area contributed by atoms with Gasteiger partial charge in [0.1, 0.15) is 11.8 Å². The van der Waals surface area contributed by atoms with Gasteiger partial charge < -0.3 is 0 Å². The first-order chi connectivity index (χ1) is 8.84. The summed E-state index contributed by atoms with van der Waals surface area (Å²) >= 11 is 0. The third-order valence-corrected chi connectivity index (χ3v) is 2.23. The normalized spacial score (nSPS) is 10.4. The SMILES string of the molecule is O=C(OOc1cccc2n[nH]nc12)n1ccnc1. The van der Waals surface area contributed by atoms with E-state index in [2.05, 4.69) is 25.3 Å². The lowest BCUT2D eigenvalue weighted by atomic mass is 10.3. The Bertz CT molecular complexity index is 676. The van der Waals surface area contributed by atoms with Crippen LogP contribution in [0.5, 0.6) is 5.75 Å². The van der Waals surface area contributed by atoms with Crippen LogP contribution >= 0.6 is 0 Å². The van der Waals surface area contributed by atoms with E-state index in [0.717, 1.165) is 4.57 Å². The number of carbonyl (C=O) groups excluding carboxylic acids is 1. The number of nitrogens with zero attached hydrogens (tertiary/aromatic N) is 4. The van der Waals surface area contributed by atoms with Crippen LogP contribution in [-0.4, -0.2) is 31.1 Å². The lowest BCUT2D eigenvalue weighted by Crippen LogP contribution is -2.14. The van der Waals surface area contributed by atoms with Crippen LogP contribution < -0.4 is 4.89 Å². The molecule has 0 saturated heterocycles. The van der Waals surface area contributed by atoms with Crippen molar-refractivity contribution in [2.75, 3.05) is 0 Å². The van der Waals surface area contributed by atoms with Crippen molar-refractivity contribution in [3.63, 3.8) is 0 Å². The number of aromatic amines is 1. The molecule has 0 fully saturated rings. The zero-order chi connectivity index (χ0) is 12.4. The van der Waals surface area contributed by atoms with Crippen LogP contribution in [0.4, 0.5) is 4.79 Å². The summed E-state index contributed by atoms with van der Waals surface area (Å²) in [5, 5.41) is 10.2. The van der Waals surface area contributed by atoms with Gasteiger partial charge in [0.05, 0.1) is 0 Å². The quantitative estimate of drug-likeness (QED) is 0.537. The molecule has 0 bridgehead atoms. The standard InChI is InChI=1S/C10H7N5O3/c16-10(15-5-4-11-6-15)18-17-8-3-1-2-7-9(8)13-14-12-7/h1-6H,(H,12,13,14). The largest absolute Gasteiger partial charge is 0.462 e. The van der Waals surface area contributed by atoms with E-state index in [1.165, 1.54) is 18.7 Å². The van der Waals surface area contributed by atoms with Crippen LogP contribution in [-0.2, 0) is 4.89 Å². The molecule has 1 N–H and O–H groups in total. The molecule has 8 heteroatoms. The molecule has 1 aromatic carbocycles. The van der Waals surface area contributed by atoms with Crippen LogP contribution in [0, 0.1) is 0 Å². The van der Waals surface area contributed by atoms with Gasteiger partial charge in [-0.3, -0.25) is 4.89 Å².